The molecule has 0 spiro atoms. The molecule has 0 aliphatic rings. The summed E-state index contributed by atoms with van der Waals surface area (Å²) in [6, 6.07) is -0.137. The number of anilines is 1. The van der Waals surface area contributed by atoms with Gasteiger partial charge >= 0.3 is 6.09 Å². The van der Waals surface area contributed by atoms with E-state index in [1.807, 2.05) is 27.7 Å². The zero-order valence-corrected chi connectivity index (χ0v) is 13.7. The number of hydrogen-bond acceptors (Lipinski definition) is 5. The molecule has 0 saturated carbocycles. The number of rotatable bonds is 3. The van der Waals surface area contributed by atoms with E-state index in [0.29, 0.717) is 23.4 Å². The molecule has 1 atom stereocenters. The fourth-order valence-electron chi connectivity index (χ4n) is 1.64. The Bertz CT molecular complexity index is 583. The van der Waals surface area contributed by atoms with E-state index in [1.54, 1.807) is 6.20 Å². The van der Waals surface area contributed by atoms with Gasteiger partial charge in [0.1, 0.15) is 5.60 Å². The lowest BCUT2D eigenvalue weighted by Crippen LogP contribution is -2.37. The molecule has 0 unspecified atom stereocenters. The number of nitrogens with two attached hydrogens (primary N) is 1. The van der Waals surface area contributed by atoms with E-state index in [4.69, 9.17) is 15.2 Å². The SMILES string of the molecule is COc1c(N)cncc1C#CC[C@H](C)NC(=O)OC(C)(C)C. The number of nitrogens with zero attached hydrogens (tertiary/aromatic N) is 1. The molecular formula is C16H23N3O3. The van der Waals surface area contributed by atoms with Crippen LogP contribution < -0.4 is 15.8 Å². The van der Waals surface area contributed by atoms with Gasteiger partial charge in [0, 0.05) is 18.7 Å². The average Bonchev–Trinajstić information content (AvgIpc) is 2.36. The molecule has 0 aliphatic carbocycles. The molecule has 3 N–H and O–H groups in total. The highest BCUT2D eigenvalue weighted by molar-refractivity contribution is 5.68. The normalized spacial score (nSPS) is 11.9. The minimum absolute atomic E-state index is 0.137. The first-order chi connectivity index (χ1) is 10.2. The van der Waals surface area contributed by atoms with Gasteiger partial charge in [-0.2, -0.15) is 0 Å². The third-order valence-electron chi connectivity index (χ3n) is 2.52. The first-order valence-corrected chi connectivity index (χ1v) is 6.98. The van der Waals surface area contributed by atoms with E-state index in [1.165, 1.54) is 13.3 Å². The van der Waals surface area contributed by atoms with Gasteiger partial charge in [-0.3, -0.25) is 4.98 Å². The first-order valence-electron chi connectivity index (χ1n) is 6.98. The summed E-state index contributed by atoms with van der Waals surface area (Å²) in [6.07, 6.45) is 3.12. The van der Waals surface area contributed by atoms with Gasteiger partial charge in [-0.05, 0) is 27.7 Å². The quantitative estimate of drug-likeness (QED) is 0.837. The third kappa shape index (κ3) is 5.92. The lowest BCUT2D eigenvalue weighted by Gasteiger charge is -2.21. The van der Waals surface area contributed by atoms with Gasteiger partial charge in [0.05, 0.1) is 24.6 Å². The van der Waals surface area contributed by atoms with Gasteiger partial charge in [0.15, 0.2) is 5.75 Å². The summed E-state index contributed by atoms with van der Waals surface area (Å²) >= 11 is 0. The number of ether oxygens (including phenoxy) is 2. The fourth-order valence-corrected chi connectivity index (χ4v) is 1.64. The number of carbonyl (C=O) groups is 1. The Hall–Kier alpha value is -2.42. The van der Waals surface area contributed by atoms with Gasteiger partial charge in [-0.25, -0.2) is 4.79 Å². The molecule has 0 aliphatic heterocycles. The van der Waals surface area contributed by atoms with Crippen molar-refractivity contribution >= 4 is 11.8 Å². The Labute approximate surface area is 131 Å². The molecule has 1 aromatic heterocycles. The van der Waals surface area contributed by atoms with E-state index in [0.717, 1.165) is 0 Å². The Morgan fingerprint density at radius 3 is 2.73 bits per heavy atom. The van der Waals surface area contributed by atoms with E-state index < -0.39 is 11.7 Å². The number of carbonyl (C=O) groups excluding carboxylic acids is 1. The van der Waals surface area contributed by atoms with Crippen molar-refractivity contribution in [3.05, 3.63) is 18.0 Å². The number of methoxy groups -OCH3 is 1. The van der Waals surface area contributed by atoms with Gasteiger partial charge in [-0.15, -0.1) is 0 Å². The largest absolute Gasteiger partial charge is 0.493 e. The third-order valence-corrected chi connectivity index (χ3v) is 2.52. The van der Waals surface area contributed by atoms with Gasteiger partial charge in [0.2, 0.25) is 0 Å². The lowest BCUT2D eigenvalue weighted by atomic mass is 10.2. The van der Waals surface area contributed by atoms with Crippen molar-refractivity contribution in [2.24, 2.45) is 0 Å². The summed E-state index contributed by atoms with van der Waals surface area (Å²) in [5.74, 6) is 6.43. The molecule has 6 heteroatoms. The van der Waals surface area contributed by atoms with Crippen LogP contribution in [0.3, 0.4) is 0 Å². The maximum atomic E-state index is 11.6. The van der Waals surface area contributed by atoms with Crippen molar-refractivity contribution in [2.75, 3.05) is 12.8 Å². The number of alkyl carbamates (subject to hydrolysis) is 1. The van der Waals surface area contributed by atoms with Crippen molar-refractivity contribution in [3.8, 4) is 17.6 Å². The van der Waals surface area contributed by atoms with Crippen LogP contribution in [0, 0.1) is 11.8 Å². The van der Waals surface area contributed by atoms with Crippen molar-refractivity contribution in [3.63, 3.8) is 0 Å². The molecule has 0 radical (unpaired) electrons. The Kier molecular flexibility index (Phi) is 6.05. The van der Waals surface area contributed by atoms with Crippen LogP contribution in [0.1, 0.15) is 39.7 Å². The fraction of sp³-hybridized carbons (Fsp3) is 0.500. The van der Waals surface area contributed by atoms with Crippen molar-refractivity contribution in [1.82, 2.24) is 10.3 Å². The summed E-state index contributed by atoms with van der Waals surface area (Å²) in [6.45, 7) is 7.30. The van der Waals surface area contributed by atoms with Gasteiger partial charge < -0.3 is 20.5 Å². The number of amides is 1. The van der Waals surface area contributed by atoms with Crippen LogP contribution in [-0.2, 0) is 4.74 Å². The maximum absolute atomic E-state index is 11.6. The Morgan fingerprint density at radius 1 is 1.45 bits per heavy atom. The summed E-state index contributed by atoms with van der Waals surface area (Å²) in [5.41, 5.74) is 6.30. The van der Waals surface area contributed by atoms with Crippen LogP contribution in [0.25, 0.3) is 0 Å². The topological polar surface area (TPSA) is 86.5 Å². The van der Waals surface area contributed by atoms with E-state index in [9.17, 15) is 4.79 Å². The van der Waals surface area contributed by atoms with Crippen LogP contribution >= 0.6 is 0 Å². The minimum Gasteiger partial charge on any atom is -0.493 e. The lowest BCUT2D eigenvalue weighted by molar-refractivity contribution is 0.0509. The van der Waals surface area contributed by atoms with E-state index in [2.05, 4.69) is 22.1 Å². The number of pyridine rings is 1. The number of nitrogens with one attached hydrogen (secondary N) is 1. The number of hydrogen-bond donors (Lipinski definition) is 2. The standard InChI is InChI=1S/C16H23N3O3/c1-11(19-15(20)22-16(2,3)4)7-6-8-12-9-18-10-13(17)14(12)21-5/h9-11H,7,17H2,1-5H3,(H,19,20)/t11-/m0/s1. The number of nitrogen functional groups attached to an aromatic ring is 1. The zero-order chi connectivity index (χ0) is 16.8. The van der Waals surface area contributed by atoms with Crippen LogP contribution in [0.2, 0.25) is 0 Å². The molecule has 1 rings (SSSR count). The monoisotopic (exact) mass is 305 g/mol. The Morgan fingerprint density at radius 2 is 2.14 bits per heavy atom. The molecule has 0 aromatic carbocycles. The summed E-state index contributed by atoms with van der Waals surface area (Å²) in [7, 11) is 1.53. The smallest absolute Gasteiger partial charge is 0.407 e. The Balaban J connectivity index is 2.61. The predicted octanol–water partition coefficient (Wildman–Crippen LogP) is 2.33. The summed E-state index contributed by atoms with van der Waals surface area (Å²) in [5, 5.41) is 2.73. The highest BCUT2D eigenvalue weighted by atomic mass is 16.6. The maximum Gasteiger partial charge on any atom is 0.407 e. The molecule has 6 nitrogen and oxygen atoms in total. The number of aromatic nitrogens is 1. The second-order valence-electron chi connectivity index (χ2n) is 5.86. The molecule has 0 fully saturated rings. The minimum atomic E-state index is -0.518. The molecule has 1 amide bonds. The van der Waals surface area contributed by atoms with Crippen LogP contribution in [0.5, 0.6) is 5.75 Å². The zero-order valence-electron chi connectivity index (χ0n) is 13.7. The van der Waals surface area contributed by atoms with E-state index >= 15 is 0 Å². The second kappa shape index (κ2) is 7.55. The van der Waals surface area contributed by atoms with Crippen molar-refractivity contribution in [1.29, 1.82) is 0 Å². The highest BCUT2D eigenvalue weighted by Crippen LogP contribution is 2.23. The van der Waals surface area contributed by atoms with E-state index in [-0.39, 0.29) is 6.04 Å². The van der Waals surface area contributed by atoms with Crippen LogP contribution in [0.15, 0.2) is 12.4 Å². The molecule has 0 bridgehead atoms. The second-order valence-corrected chi connectivity index (χ2v) is 5.86. The summed E-state index contributed by atoms with van der Waals surface area (Å²) in [4.78, 5) is 15.6. The summed E-state index contributed by atoms with van der Waals surface area (Å²) < 4.78 is 10.4. The van der Waals surface area contributed by atoms with Crippen molar-refractivity contribution < 1.29 is 14.3 Å². The average molecular weight is 305 g/mol. The molecule has 1 aromatic rings. The molecule has 22 heavy (non-hydrogen) atoms. The van der Waals surface area contributed by atoms with Crippen LogP contribution in [0.4, 0.5) is 10.5 Å². The molecule has 120 valence electrons. The highest BCUT2D eigenvalue weighted by Gasteiger charge is 2.17. The van der Waals surface area contributed by atoms with Crippen LogP contribution in [-0.4, -0.2) is 29.8 Å². The molecule has 1 heterocycles. The predicted molar refractivity (Wildman–Crippen MR) is 85.5 cm³/mol. The van der Waals surface area contributed by atoms with Gasteiger partial charge in [-0.1, -0.05) is 11.8 Å². The first kappa shape index (κ1) is 17.6. The molecule has 0 saturated heterocycles. The van der Waals surface area contributed by atoms with Crippen molar-refractivity contribution in [2.45, 2.75) is 45.8 Å². The van der Waals surface area contributed by atoms with Gasteiger partial charge in [0.25, 0.3) is 0 Å². The molecular weight excluding hydrogens is 282 g/mol.